The van der Waals surface area contributed by atoms with Gasteiger partial charge >= 0.3 is 0 Å². The predicted octanol–water partition coefficient (Wildman–Crippen LogP) is 2.22. The van der Waals surface area contributed by atoms with E-state index in [1.165, 1.54) is 23.5 Å². The maximum absolute atomic E-state index is 12.5. The Labute approximate surface area is 155 Å². The number of aromatic nitrogens is 2. The zero-order chi connectivity index (χ0) is 19.1. The molecule has 0 radical (unpaired) electrons. The standard InChI is InChI=1S/C17H18N4O3S2/c1-9-10(2)20-21-17-13(9)14(18)15(25-17)16(22)19-8-11-4-6-12(7-5-11)26(3,23)24/h4-7H,8,18H2,1-3H3,(H,19,22). The molecule has 7 nitrogen and oxygen atoms in total. The van der Waals surface area contributed by atoms with Crippen molar-refractivity contribution in [2.45, 2.75) is 25.3 Å². The number of benzene rings is 1. The molecule has 9 heteroatoms. The molecule has 0 aliphatic rings. The molecule has 2 heterocycles. The fourth-order valence-corrected chi connectivity index (χ4v) is 4.17. The second-order valence-electron chi connectivity index (χ2n) is 6.03. The number of nitrogen functional groups attached to an aromatic ring is 1. The normalized spacial score (nSPS) is 11.7. The molecule has 1 aromatic carbocycles. The Balaban J connectivity index is 1.80. The number of sulfone groups is 1. The first-order valence-corrected chi connectivity index (χ1v) is 10.5. The van der Waals surface area contributed by atoms with Gasteiger partial charge in [-0.15, -0.1) is 16.4 Å². The molecule has 0 atom stereocenters. The Morgan fingerprint density at radius 2 is 1.85 bits per heavy atom. The molecule has 3 aromatic rings. The predicted molar refractivity (Wildman–Crippen MR) is 102 cm³/mol. The molecule has 0 spiro atoms. The van der Waals surface area contributed by atoms with Crippen molar-refractivity contribution in [3.05, 3.63) is 46.0 Å². The average Bonchev–Trinajstić information content (AvgIpc) is 2.93. The maximum atomic E-state index is 12.5. The van der Waals surface area contributed by atoms with E-state index in [2.05, 4.69) is 15.5 Å². The Morgan fingerprint density at radius 3 is 2.46 bits per heavy atom. The number of nitrogens with two attached hydrogens (primary N) is 1. The van der Waals surface area contributed by atoms with Crippen LogP contribution in [0.2, 0.25) is 0 Å². The Bertz CT molecular complexity index is 1100. The van der Waals surface area contributed by atoms with E-state index in [1.807, 2.05) is 13.8 Å². The van der Waals surface area contributed by atoms with E-state index in [9.17, 15) is 13.2 Å². The van der Waals surface area contributed by atoms with Crippen LogP contribution < -0.4 is 11.1 Å². The third-order valence-corrected chi connectivity index (χ3v) is 6.36. The van der Waals surface area contributed by atoms with E-state index < -0.39 is 9.84 Å². The number of hydrogen-bond donors (Lipinski definition) is 2. The largest absolute Gasteiger partial charge is 0.397 e. The first kappa shape index (κ1) is 18.3. The summed E-state index contributed by atoms with van der Waals surface area (Å²) in [6.07, 6.45) is 1.15. The van der Waals surface area contributed by atoms with Crippen LogP contribution in [0.4, 0.5) is 5.69 Å². The van der Waals surface area contributed by atoms with Crippen molar-refractivity contribution in [1.82, 2.24) is 15.5 Å². The van der Waals surface area contributed by atoms with Gasteiger partial charge in [-0.3, -0.25) is 4.79 Å². The fourth-order valence-electron chi connectivity index (χ4n) is 2.53. The Morgan fingerprint density at radius 1 is 1.19 bits per heavy atom. The van der Waals surface area contributed by atoms with Gasteiger partial charge < -0.3 is 11.1 Å². The average molecular weight is 390 g/mol. The van der Waals surface area contributed by atoms with Crippen molar-refractivity contribution in [3.8, 4) is 0 Å². The SMILES string of the molecule is Cc1nnc2sc(C(=O)NCc3ccc(S(C)(=O)=O)cc3)c(N)c2c1C. The number of carbonyl (C=O) groups is 1. The molecule has 3 rings (SSSR count). The highest BCUT2D eigenvalue weighted by molar-refractivity contribution is 7.90. The highest BCUT2D eigenvalue weighted by Gasteiger charge is 2.19. The van der Waals surface area contributed by atoms with E-state index in [-0.39, 0.29) is 17.3 Å². The molecule has 26 heavy (non-hydrogen) atoms. The molecule has 0 fully saturated rings. The minimum Gasteiger partial charge on any atom is -0.397 e. The number of carbonyl (C=O) groups excluding carboxylic acids is 1. The Kier molecular flexibility index (Phi) is 4.68. The number of anilines is 1. The molecule has 0 saturated carbocycles. The van der Waals surface area contributed by atoms with E-state index in [0.29, 0.717) is 15.4 Å². The second kappa shape index (κ2) is 6.65. The molecule has 0 bridgehead atoms. The number of amides is 1. The third-order valence-electron chi connectivity index (χ3n) is 4.15. The summed E-state index contributed by atoms with van der Waals surface area (Å²) >= 11 is 1.21. The molecule has 0 aliphatic heterocycles. The molecule has 1 amide bonds. The molecule has 0 aliphatic carbocycles. The first-order valence-electron chi connectivity index (χ1n) is 7.77. The van der Waals surface area contributed by atoms with E-state index >= 15 is 0 Å². The zero-order valence-corrected chi connectivity index (χ0v) is 16.2. The Hall–Kier alpha value is -2.52. The highest BCUT2D eigenvalue weighted by Crippen LogP contribution is 2.34. The van der Waals surface area contributed by atoms with Crippen molar-refractivity contribution in [1.29, 1.82) is 0 Å². The summed E-state index contributed by atoms with van der Waals surface area (Å²) in [5.74, 6) is -0.297. The summed E-state index contributed by atoms with van der Waals surface area (Å²) in [7, 11) is -3.24. The lowest BCUT2D eigenvalue weighted by molar-refractivity contribution is 0.0956. The van der Waals surface area contributed by atoms with E-state index in [1.54, 1.807) is 12.1 Å². The second-order valence-corrected chi connectivity index (χ2v) is 9.05. The molecule has 3 N–H and O–H groups in total. The summed E-state index contributed by atoms with van der Waals surface area (Å²) in [5.41, 5.74) is 9.05. The maximum Gasteiger partial charge on any atom is 0.263 e. The lowest BCUT2D eigenvalue weighted by Crippen LogP contribution is -2.22. The summed E-state index contributed by atoms with van der Waals surface area (Å²) in [6, 6.07) is 6.38. The van der Waals surface area contributed by atoms with Crippen LogP contribution in [0.1, 0.15) is 26.5 Å². The van der Waals surface area contributed by atoms with Gasteiger partial charge in [0.15, 0.2) is 9.84 Å². The summed E-state index contributed by atoms with van der Waals surface area (Å²) < 4.78 is 23.0. The minimum atomic E-state index is -3.24. The molecular formula is C17H18N4O3S2. The van der Waals surface area contributed by atoms with Gasteiger partial charge in [-0.25, -0.2) is 8.42 Å². The van der Waals surface area contributed by atoms with Crippen molar-refractivity contribution >= 4 is 43.0 Å². The van der Waals surface area contributed by atoms with Crippen LogP contribution in [0.25, 0.3) is 10.2 Å². The number of nitrogens with zero attached hydrogens (tertiary/aromatic N) is 2. The van der Waals surface area contributed by atoms with Gasteiger partial charge in [0.1, 0.15) is 9.71 Å². The van der Waals surface area contributed by atoms with Crippen LogP contribution in [0.5, 0.6) is 0 Å². The quantitative estimate of drug-likeness (QED) is 0.706. The van der Waals surface area contributed by atoms with Crippen molar-refractivity contribution < 1.29 is 13.2 Å². The van der Waals surface area contributed by atoms with Crippen LogP contribution in [-0.4, -0.2) is 30.8 Å². The van der Waals surface area contributed by atoms with Crippen LogP contribution in [0.15, 0.2) is 29.2 Å². The zero-order valence-electron chi connectivity index (χ0n) is 14.5. The molecule has 0 unspecified atom stereocenters. The topological polar surface area (TPSA) is 115 Å². The lowest BCUT2D eigenvalue weighted by Gasteiger charge is -2.06. The van der Waals surface area contributed by atoms with Crippen LogP contribution in [-0.2, 0) is 16.4 Å². The first-order chi connectivity index (χ1) is 12.2. The molecular weight excluding hydrogens is 372 g/mol. The smallest absolute Gasteiger partial charge is 0.263 e. The summed E-state index contributed by atoms with van der Waals surface area (Å²) in [5, 5.41) is 11.7. The van der Waals surface area contributed by atoms with Crippen LogP contribution >= 0.6 is 11.3 Å². The van der Waals surface area contributed by atoms with Gasteiger partial charge in [0.05, 0.1) is 16.3 Å². The van der Waals surface area contributed by atoms with Gasteiger partial charge in [-0.05, 0) is 37.1 Å². The summed E-state index contributed by atoms with van der Waals surface area (Å²) in [6.45, 7) is 4.01. The van der Waals surface area contributed by atoms with E-state index in [4.69, 9.17) is 5.73 Å². The van der Waals surface area contributed by atoms with Crippen molar-refractivity contribution in [3.63, 3.8) is 0 Å². The number of thiophene rings is 1. The molecule has 2 aromatic heterocycles. The third kappa shape index (κ3) is 3.40. The summed E-state index contributed by atoms with van der Waals surface area (Å²) in [4.78, 5) is 13.8. The number of nitrogens with one attached hydrogen (secondary N) is 1. The number of fused-ring (bicyclic) bond motifs is 1. The van der Waals surface area contributed by atoms with Crippen molar-refractivity contribution in [2.75, 3.05) is 12.0 Å². The monoisotopic (exact) mass is 390 g/mol. The minimum absolute atomic E-state index is 0.241. The molecule has 136 valence electrons. The van der Waals surface area contributed by atoms with Crippen molar-refractivity contribution in [2.24, 2.45) is 0 Å². The van der Waals surface area contributed by atoms with Gasteiger partial charge in [-0.2, -0.15) is 5.10 Å². The number of hydrogen-bond acceptors (Lipinski definition) is 7. The van der Waals surface area contributed by atoms with Crippen LogP contribution in [0, 0.1) is 13.8 Å². The lowest BCUT2D eigenvalue weighted by atomic mass is 10.1. The van der Waals surface area contributed by atoms with Crippen LogP contribution in [0.3, 0.4) is 0 Å². The van der Waals surface area contributed by atoms with Gasteiger partial charge in [0.2, 0.25) is 0 Å². The number of aryl methyl sites for hydroxylation is 2. The van der Waals surface area contributed by atoms with E-state index in [0.717, 1.165) is 28.5 Å². The van der Waals surface area contributed by atoms with Gasteiger partial charge in [0.25, 0.3) is 5.91 Å². The molecule has 0 saturated heterocycles. The fraction of sp³-hybridized carbons (Fsp3) is 0.235. The highest BCUT2D eigenvalue weighted by atomic mass is 32.2. The van der Waals surface area contributed by atoms with Gasteiger partial charge in [-0.1, -0.05) is 12.1 Å². The number of rotatable bonds is 4. The van der Waals surface area contributed by atoms with Gasteiger partial charge in [0, 0.05) is 18.2 Å².